The van der Waals surface area contributed by atoms with Crippen LogP contribution < -0.4 is 10.1 Å². The van der Waals surface area contributed by atoms with E-state index in [-0.39, 0.29) is 17.4 Å². The normalized spacial score (nSPS) is 12.6. The highest BCUT2D eigenvalue weighted by atomic mass is 16.5. The van der Waals surface area contributed by atoms with E-state index in [1.54, 1.807) is 13.3 Å². The molecule has 0 spiro atoms. The van der Waals surface area contributed by atoms with Gasteiger partial charge < -0.3 is 10.1 Å². The van der Waals surface area contributed by atoms with E-state index >= 15 is 0 Å². The van der Waals surface area contributed by atoms with Crippen molar-refractivity contribution in [1.82, 2.24) is 10.3 Å². The van der Waals surface area contributed by atoms with Gasteiger partial charge in [0, 0.05) is 5.56 Å². The largest absolute Gasteiger partial charge is 0.495 e. The highest BCUT2D eigenvalue weighted by Crippen LogP contribution is 2.22. The summed E-state index contributed by atoms with van der Waals surface area (Å²) in [5.74, 6) is 0.598. The zero-order valence-corrected chi connectivity index (χ0v) is 14.4. The van der Waals surface area contributed by atoms with E-state index in [4.69, 9.17) is 4.74 Å². The molecule has 23 heavy (non-hydrogen) atoms. The molecule has 0 saturated heterocycles. The molecule has 1 unspecified atom stereocenters. The second-order valence-electron chi connectivity index (χ2n) is 6.65. The zero-order valence-electron chi connectivity index (χ0n) is 14.4. The van der Waals surface area contributed by atoms with E-state index in [1.807, 2.05) is 43.3 Å². The SMILES string of the molecule is COc1ccc(C(C)NC(=O)c2ccc(C(C)(C)C)cc2)nc1. The van der Waals surface area contributed by atoms with Crippen molar-refractivity contribution < 1.29 is 9.53 Å². The Kier molecular flexibility index (Phi) is 5.04. The number of rotatable bonds is 4. The monoisotopic (exact) mass is 312 g/mol. The standard InChI is InChI=1S/C19H24N2O2/c1-13(17-11-10-16(23-5)12-20-17)21-18(22)14-6-8-15(9-7-14)19(2,3)4/h6-13H,1-5H3,(H,21,22). The average molecular weight is 312 g/mol. The van der Waals surface area contributed by atoms with Gasteiger partial charge in [-0.3, -0.25) is 9.78 Å². The van der Waals surface area contributed by atoms with Gasteiger partial charge in [0.1, 0.15) is 5.75 Å². The van der Waals surface area contributed by atoms with Crippen molar-refractivity contribution in [2.75, 3.05) is 7.11 Å². The lowest BCUT2D eigenvalue weighted by atomic mass is 9.86. The van der Waals surface area contributed by atoms with Gasteiger partial charge in [0.2, 0.25) is 0 Å². The maximum absolute atomic E-state index is 12.3. The minimum atomic E-state index is -0.171. The molecule has 0 radical (unpaired) electrons. The first-order chi connectivity index (χ1) is 10.8. The number of carbonyl (C=O) groups is 1. The highest BCUT2D eigenvalue weighted by Gasteiger charge is 2.16. The quantitative estimate of drug-likeness (QED) is 0.932. The van der Waals surface area contributed by atoms with Crippen LogP contribution in [0.5, 0.6) is 5.75 Å². The van der Waals surface area contributed by atoms with Gasteiger partial charge in [-0.15, -0.1) is 0 Å². The first kappa shape index (κ1) is 17.0. The van der Waals surface area contributed by atoms with Crippen molar-refractivity contribution in [2.24, 2.45) is 0 Å². The molecular weight excluding hydrogens is 288 g/mol. The molecule has 1 amide bonds. The van der Waals surface area contributed by atoms with Gasteiger partial charge in [0.05, 0.1) is 25.0 Å². The van der Waals surface area contributed by atoms with Crippen LogP contribution in [0.25, 0.3) is 0 Å². The number of aromatic nitrogens is 1. The molecule has 1 heterocycles. The zero-order chi connectivity index (χ0) is 17.0. The fourth-order valence-electron chi connectivity index (χ4n) is 2.24. The smallest absolute Gasteiger partial charge is 0.251 e. The summed E-state index contributed by atoms with van der Waals surface area (Å²) in [4.78, 5) is 16.7. The van der Waals surface area contributed by atoms with E-state index in [9.17, 15) is 4.79 Å². The Morgan fingerprint density at radius 1 is 1.13 bits per heavy atom. The van der Waals surface area contributed by atoms with Crippen molar-refractivity contribution >= 4 is 5.91 Å². The van der Waals surface area contributed by atoms with E-state index in [0.717, 1.165) is 5.69 Å². The Morgan fingerprint density at radius 3 is 2.26 bits per heavy atom. The lowest BCUT2D eigenvalue weighted by molar-refractivity contribution is 0.0939. The second kappa shape index (κ2) is 6.82. The van der Waals surface area contributed by atoms with Crippen molar-refractivity contribution in [3.05, 3.63) is 59.4 Å². The van der Waals surface area contributed by atoms with E-state index < -0.39 is 0 Å². The molecule has 0 aliphatic heterocycles. The summed E-state index contributed by atoms with van der Waals surface area (Å²) in [5.41, 5.74) is 2.73. The molecule has 1 aromatic carbocycles. The Balaban J connectivity index is 2.05. The Bertz CT molecular complexity index is 655. The third kappa shape index (κ3) is 4.31. The molecule has 0 bridgehead atoms. The Hall–Kier alpha value is -2.36. The molecule has 0 aliphatic carbocycles. The van der Waals surface area contributed by atoms with Gasteiger partial charge in [0.25, 0.3) is 5.91 Å². The predicted octanol–water partition coefficient (Wildman–Crippen LogP) is 3.88. The molecule has 122 valence electrons. The van der Waals surface area contributed by atoms with Crippen LogP contribution in [0.2, 0.25) is 0 Å². The first-order valence-corrected chi connectivity index (χ1v) is 7.72. The molecule has 1 aromatic heterocycles. The molecule has 0 fully saturated rings. The molecule has 0 saturated carbocycles. The average Bonchev–Trinajstić information content (AvgIpc) is 2.54. The Labute approximate surface area is 137 Å². The molecule has 4 heteroatoms. The third-order valence-electron chi connectivity index (χ3n) is 3.80. The number of hydrogen-bond donors (Lipinski definition) is 1. The van der Waals surface area contributed by atoms with Gasteiger partial charge in [-0.25, -0.2) is 0 Å². The lowest BCUT2D eigenvalue weighted by Crippen LogP contribution is -2.27. The number of hydrogen-bond acceptors (Lipinski definition) is 3. The molecule has 2 aromatic rings. The third-order valence-corrected chi connectivity index (χ3v) is 3.80. The topological polar surface area (TPSA) is 51.2 Å². The maximum atomic E-state index is 12.3. The second-order valence-corrected chi connectivity index (χ2v) is 6.65. The minimum Gasteiger partial charge on any atom is -0.495 e. The van der Waals surface area contributed by atoms with Crippen molar-refractivity contribution in [3.63, 3.8) is 0 Å². The maximum Gasteiger partial charge on any atom is 0.251 e. The van der Waals surface area contributed by atoms with Crippen LogP contribution in [-0.2, 0) is 5.41 Å². The van der Waals surface area contributed by atoms with Crippen LogP contribution in [0, 0.1) is 0 Å². The number of benzene rings is 1. The van der Waals surface area contributed by atoms with Gasteiger partial charge >= 0.3 is 0 Å². The van der Waals surface area contributed by atoms with Crippen LogP contribution >= 0.6 is 0 Å². The molecule has 2 rings (SSSR count). The number of nitrogens with one attached hydrogen (secondary N) is 1. The summed E-state index contributed by atoms with van der Waals surface area (Å²) in [6.45, 7) is 8.37. The van der Waals surface area contributed by atoms with E-state index in [1.165, 1.54) is 5.56 Å². The number of nitrogens with zero attached hydrogens (tertiary/aromatic N) is 1. The van der Waals surface area contributed by atoms with Crippen LogP contribution in [0.4, 0.5) is 0 Å². The van der Waals surface area contributed by atoms with Crippen LogP contribution in [0.15, 0.2) is 42.6 Å². The fourth-order valence-corrected chi connectivity index (χ4v) is 2.24. The van der Waals surface area contributed by atoms with Gasteiger partial charge in [-0.1, -0.05) is 32.9 Å². The van der Waals surface area contributed by atoms with Crippen LogP contribution in [0.3, 0.4) is 0 Å². The van der Waals surface area contributed by atoms with E-state index in [2.05, 4.69) is 31.1 Å². The molecule has 1 atom stereocenters. The lowest BCUT2D eigenvalue weighted by Gasteiger charge is -2.19. The first-order valence-electron chi connectivity index (χ1n) is 7.72. The number of pyridine rings is 1. The van der Waals surface area contributed by atoms with Crippen LogP contribution in [-0.4, -0.2) is 18.0 Å². The summed E-state index contributed by atoms with van der Waals surface area (Å²) in [5, 5.41) is 2.97. The summed E-state index contributed by atoms with van der Waals surface area (Å²) < 4.78 is 5.09. The molecule has 1 N–H and O–H groups in total. The summed E-state index contributed by atoms with van der Waals surface area (Å²) in [6.07, 6.45) is 1.65. The van der Waals surface area contributed by atoms with Crippen molar-refractivity contribution in [1.29, 1.82) is 0 Å². The summed E-state index contributed by atoms with van der Waals surface area (Å²) in [6, 6.07) is 11.3. The van der Waals surface area contributed by atoms with Crippen molar-refractivity contribution in [3.8, 4) is 5.75 Å². The van der Waals surface area contributed by atoms with Crippen molar-refractivity contribution in [2.45, 2.75) is 39.2 Å². The number of ether oxygens (including phenoxy) is 1. The molecule has 0 aliphatic rings. The molecule has 4 nitrogen and oxygen atoms in total. The number of amides is 1. The number of carbonyl (C=O) groups excluding carboxylic acids is 1. The highest BCUT2D eigenvalue weighted by molar-refractivity contribution is 5.94. The van der Waals surface area contributed by atoms with Gasteiger partial charge in [-0.05, 0) is 42.2 Å². The van der Waals surface area contributed by atoms with Crippen LogP contribution in [0.1, 0.15) is 55.4 Å². The molecular formula is C19H24N2O2. The van der Waals surface area contributed by atoms with Gasteiger partial charge in [0.15, 0.2) is 0 Å². The predicted molar refractivity (Wildman–Crippen MR) is 91.8 cm³/mol. The minimum absolute atomic E-state index is 0.0787. The van der Waals surface area contributed by atoms with E-state index in [0.29, 0.717) is 11.3 Å². The number of methoxy groups -OCH3 is 1. The van der Waals surface area contributed by atoms with Gasteiger partial charge in [-0.2, -0.15) is 0 Å². The summed E-state index contributed by atoms with van der Waals surface area (Å²) >= 11 is 0. The fraction of sp³-hybridized carbons (Fsp3) is 0.368. The summed E-state index contributed by atoms with van der Waals surface area (Å²) in [7, 11) is 1.60. The Morgan fingerprint density at radius 2 is 1.78 bits per heavy atom.